The number of hydrogen-bond acceptors (Lipinski definition) is 0. The summed E-state index contributed by atoms with van der Waals surface area (Å²) in [5, 5.41) is 0. The van der Waals surface area contributed by atoms with Crippen LogP contribution in [0.2, 0.25) is 0 Å². The molecule has 1 heteroatoms. The Balaban J connectivity index is -0.000000360. The Labute approximate surface area is 82.6 Å². The van der Waals surface area contributed by atoms with Crippen molar-refractivity contribution in [1.82, 2.24) is 0 Å². The molecule has 0 aromatic carbocycles. The molecule has 2 aliphatic carbocycles. The molecule has 0 radical (unpaired) electrons. The van der Waals surface area contributed by atoms with E-state index >= 15 is 0 Å². The average molecular weight is 315 g/mol. The van der Waals surface area contributed by atoms with Crippen molar-refractivity contribution in [2.75, 3.05) is 0 Å². The molecule has 0 saturated carbocycles. The van der Waals surface area contributed by atoms with Crippen LogP contribution in [0.4, 0.5) is 0 Å². The Morgan fingerprint density at radius 1 is 1.00 bits per heavy atom. The van der Waals surface area contributed by atoms with Crippen molar-refractivity contribution < 1.29 is 25.5 Å². The van der Waals surface area contributed by atoms with Gasteiger partial charge in [-0.25, -0.2) is 0 Å². The van der Waals surface area contributed by atoms with E-state index in [1.165, 1.54) is 12.8 Å². The van der Waals surface area contributed by atoms with Crippen molar-refractivity contribution >= 4 is 0 Å². The third kappa shape index (κ3) is 1.84. The van der Waals surface area contributed by atoms with Gasteiger partial charge in [-0.05, 0) is 0 Å². The average Bonchev–Trinajstić information content (AvgIpc) is 2.60. The van der Waals surface area contributed by atoms with Gasteiger partial charge in [0.2, 0.25) is 0 Å². The van der Waals surface area contributed by atoms with E-state index < -0.39 is 19.8 Å². The Hall–Kier alpha value is -0.300. The maximum absolute atomic E-state index is 2.32. The van der Waals surface area contributed by atoms with Crippen LogP contribution in [-0.4, -0.2) is 0 Å². The van der Waals surface area contributed by atoms with E-state index in [0.29, 0.717) is 0 Å². The molecule has 0 atom stereocenters. The summed E-state index contributed by atoms with van der Waals surface area (Å²) in [6.45, 7) is 0. The van der Waals surface area contributed by atoms with E-state index in [-0.39, 0.29) is 5.71 Å². The molecular weight excluding hydrogens is 301 g/mol. The number of hydrogen-bond donors (Lipinski definition) is 0. The summed E-state index contributed by atoms with van der Waals surface area (Å²) in [7, 11) is 0. The van der Waals surface area contributed by atoms with Crippen LogP contribution >= 0.6 is 0 Å². The molecule has 59 valence electrons. The number of rotatable bonds is 2. The zero-order valence-corrected chi connectivity index (χ0v) is 9.54. The first-order chi connectivity index (χ1) is 5.45. The Kier molecular flexibility index (Phi) is 2.27. The SMILES string of the molecule is C1=CC[C]([Ta+4][C]2=CC=CC2)=C1.[H-].[H-].[H-].[H-]. The van der Waals surface area contributed by atoms with Gasteiger partial charge < -0.3 is 5.71 Å². The molecule has 0 aromatic rings. The molecule has 0 bridgehead atoms. The quantitative estimate of drug-likeness (QED) is 0.734. The van der Waals surface area contributed by atoms with E-state index in [1.807, 2.05) is 0 Å². The Bertz CT molecular complexity index is 251. The van der Waals surface area contributed by atoms with E-state index in [2.05, 4.69) is 36.5 Å². The second-order valence-corrected chi connectivity index (χ2v) is 7.62. The van der Waals surface area contributed by atoms with Crippen LogP contribution in [-0.2, 0) is 19.8 Å². The summed E-state index contributed by atoms with van der Waals surface area (Å²) in [5.41, 5.74) is 0. The molecule has 11 heavy (non-hydrogen) atoms. The smallest absolute Gasteiger partial charge is 1.00 e. The van der Waals surface area contributed by atoms with Crippen LogP contribution in [0, 0.1) is 0 Å². The van der Waals surface area contributed by atoms with Crippen molar-refractivity contribution in [3.05, 3.63) is 44.0 Å². The second-order valence-electron chi connectivity index (χ2n) is 2.69. The molecular formula is C10H14Ta. The van der Waals surface area contributed by atoms with Gasteiger partial charge in [-0.2, -0.15) is 0 Å². The van der Waals surface area contributed by atoms with Crippen LogP contribution < -0.4 is 0 Å². The van der Waals surface area contributed by atoms with Crippen LogP contribution in [0.25, 0.3) is 0 Å². The fourth-order valence-corrected chi connectivity index (χ4v) is 5.11. The molecule has 2 aliphatic rings. The molecule has 0 unspecified atom stereocenters. The molecule has 0 amide bonds. The minimum absolute atomic E-state index is 0. The maximum atomic E-state index is 2.32. The maximum Gasteiger partial charge on any atom is -1.00 e. The van der Waals surface area contributed by atoms with Gasteiger partial charge in [0.25, 0.3) is 0 Å². The predicted octanol–water partition coefficient (Wildman–Crippen LogP) is 3.21. The molecule has 0 fully saturated rings. The Morgan fingerprint density at radius 2 is 1.55 bits per heavy atom. The van der Waals surface area contributed by atoms with Crippen molar-refractivity contribution in [2.24, 2.45) is 0 Å². The molecule has 0 saturated heterocycles. The third-order valence-corrected chi connectivity index (χ3v) is 6.24. The summed E-state index contributed by atoms with van der Waals surface area (Å²) in [6, 6.07) is 0. The number of allylic oxidation sites excluding steroid dienone is 8. The van der Waals surface area contributed by atoms with Crippen molar-refractivity contribution in [3.63, 3.8) is 0 Å². The molecule has 0 heterocycles. The minimum atomic E-state index is -0.404. The summed E-state index contributed by atoms with van der Waals surface area (Å²) >= 11 is -0.404. The monoisotopic (exact) mass is 315 g/mol. The van der Waals surface area contributed by atoms with Crippen molar-refractivity contribution in [1.29, 1.82) is 0 Å². The van der Waals surface area contributed by atoms with Crippen LogP contribution in [0.1, 0.15) is 18.5 Å². The minimum Gasteiger partial charge on any atom is -1.00 e. The van der Waals surface area contributed by atoms with Gasteiger partial charge in [0.15, 0.2) is 0 Å². The van der Waals surface area contributed by atoms with Gasteiger partial charge >= 0.3 is 76.6 Å². The van der Waals surface area contributed by atoms with Crippen LogP contribution in [0.15, 0.2) is 44.0 Å². The fraction of sp³-hybridized carbons (Fsp3) is 0.200. The zero-order valence-electron chi connectivity index (χ0n) is 10.3. The second kappa shape index (κ2) is 3.40. The standard InChI is InChI=1S/2C5H5.Ta.4H/c2*1-2-4-5-3-1;;;;;/h2*1-3H,4H2;;;;;/q;;+4;4*-1. The van der Waals surface area contributed by atoms with E-state index in [9.17, 15) is 0 Å². The molecule has 0 aromatic heterocycles. The normalized spacial score (nSPS) is 20.0. The molecule has 0 spiro atoms. The first-order valence-electron chi connectivity index (χ1n) is 3.88. The van der Waals surface area contributed by atoms with Gasteiger partial charge in [0.1, 0.15) is 0 Å². The summed E-state index contributed by atoms with van der Waals surface area (Å²) in [6.07, 6.45) is 16.0. The largest absolute Gasteiger partial charge is 1.00 e. The van der Waals surface area contributed by atoms with Gasteiger partial charge in [-0.3, -0.25) is 0 Å². The summed E-state index contributed by atoms with van der Waals surface area (Å²) < 4.78 is 3.47. The van der Waals surface area contributed by atoms with Gasteiger partial charge in [0.05, 0.1) is 0 Å². The van der Waals surface area contributed by atoms with E-state index in [4.69, 9.17) is 0 Å². The van der Waals surface area contributed by atoms with Crippen molar-refractivity contribution in [3.8, 4) is 0 Å². The van der Waals surface area contributed by atoms with E-state index in [0.717, 1.165) is 0 Å². The van der Waals surface area contributed by atoms with Crippen molar-refractivity contribution in [2.45, 2.75) is 12.8 Å². The molecule has 0 nitrogen and oxygen atoms in total. The third-order valence-electron chi connectivity index (χ3n) is 1.79. The van der Waals surface area contributed by atoms with E-state index in [1.54, 1.807) is 7.58 Å². The predicted molar refractivity (Wildman–Crippen MR) is 48.1 cm³/mol. The fourth-order valence-electron chi connectivity index (χ4n) is 1.22. The zero-order chi connectivity index (χ0) is 7.52. The summed E-state index contributed by atoms with van der Waals surface area (Å²) in [5.74, 6) is 0. The Morgan fingerprint density at radius 3 is 1.91 bits per heavy atom. The van der Waals surface area contributed by atoms with Gasteiger partial charge in [-0.1, -0.05) is 0 Å². The van der Waals surface area contributed by atoms with Gasteiger partial charge in [-0.15, -0.1) is 0 Å². The molecule has 0 aliphatic heterocycles. The van der Waals surface area contributed by atoms with Gasteiger partial charge in [0, 0.05) is 0 Å². The van der Waals surface area contributed by atoms with Crippen LogP contribution in [0.3, 0.4) is 0 Å². The first kappa shape index (κ1) is 7.35. The topological polar surface area (TPSA) is 0 Å². The molecule has 0 N–H and O–H groups in total. The first-order valence-corrected chi connectivity index (χ1v) is 7.09. The summed E-state index contributed by atoms with van der Waals surface area (Å²) in [4.78, 5) is 0. The van der Waals surface area contributed by atoms with Crippen LogP contribution in [0.5, 0.6) is 0 Å². The molecule has 2 rings (SSSR count).